The van der Waals surface area contributed by atoms with Crippen molar-refractivity contribution in [3.63, 3.8) is 0 Å². The lowest BCUT2D eigenvalue weighted by Crippen LogP contribution is -2.44. The molecule has 0 amide bonds. The van der Waals surface area contributed by atoms with Gasteiger partial charge in [-0.25, -0.2) is 0 Å². The molecule has 1 aliphatic carbocycles. The maximum atomic E-state index is 12.7. The number of carbonyl (C=O) groups excluding carboxylic acids is 2. The van der Waals surface area contributed by atoms with Gasteiger partial charge in [0.15, 0.2) is 0 Å². The third kappa shape index (κ3) is 2.75. The number of carbonyl (C=O) groups is 2. The van der Waals surface area contributed by atoms with Crippen molar-refractivity contribution in [2.24, 2.45) is 11.8 Å². The smallest absolute Gasteiger partial charge is 0.312 e. The standard InChI is InChI=1S/C17H26O5/c1-10(2)17(6-4-5-7-17)22-16(19)13-8-12-9-14(15(13)21-12)20-11(3)18/h10,12-15H,4-9H2,1-3H3. The molecule has 4 atom stereocenters. The summed E-state index contributed by atoms with van der Waals surface area (Å²) in [5.74, 6) is -0.454. The zero-order chi connectivity index (χ0) is 15.9. The summed E-state index contributed by atoms with van der Waals surface area (Å²) in [4.78, 5) is 23.9. The molecule has 5 heteroatoms. The summed E-state index contributed by atoms with van der Waals surface area (Å²) in [5, 5.41) is 0. The summed E-state index contributed by atoms with van der Waals surface area (Å²) in [6.07, 6.45) is 4.92. The first-order valence-corrected chi connectivity index (χ1v) is 8.47. The first-order valence-electron chi connectivity index (χ1n) is 8.47. The molecule has 1 saturated carbocycles. The van der Waals surface area contributed by atoms with E-state index in [1.165, 1.54) is 6.92 Å². The Hall–Kier alpha value is -1.10. The molecule has 2 saturated heterocycles. The molecular formula is C17H26O5. The molecule has 3 fully saturated rings. The highest BCUT2D eigenvalue weighted by molar-refractivity contribution is 5.75. The zero-order valence-corrected chi connectivity index (χ0v) is 13.7. The zero-order valence-electron chi connectivity index (χ0n) is 13.7. The number of esters is 2. The second kappa shape index (κ2) is 5.84. The van der Waals surface area contributed by atoms with Gasteiger partial charge in [0, 0.05) is 13.3 Å². The van der Waals surface area contributed by atoms with Gasteiger partial charge in [0.1, 0.15) is 17.8 Å². The van der Waals surface area contributed by atoms with E-state index in [9.17, 15) is 9.59 Å². The van der Waals surface area contributed by atoms with Gasteiger partial charge in [-0.05, 0) is 38.0 Å². The van der Waals surface area contributed by atoms with E-state index in [4.69, 9.17) is 14.2 Å². The summed E-state index contributed by atoms with van der Waals surface area (Å²) < 4.78 is 17.1. The molecule has 5 nitrogen and oxygen atoms in total. The highest BCUT2D eigenvalue weighted by atomic mass is 16.6. The largest absolute Gasteiger partial charge is 0.460 e. The number of ether oxygens (including phenoxy) is 3. The van der Waals surface area contributed by atoms with Crippen LogP contribution in [-0.2, 0) is 23.8 Å². The van der Waals surface area contributed by atoms with Gasteiger partial charge >= 0.3 is 11.9 Å². The highest BCUT2D eigenvalue weighted by Crippen LogP contribution is 2.44. The van der Waals surface area contributed by atoms with E-state index >= 15 is 0 Å². The lowest BCUT2D eigenvalue weighted by Gasteiger charge is -2.35. The number of hydrogen-bond donors (Lipinski definition) is 0. The fraction of sp³-hybridized carbons (Fsp3) is 0.882. The normalized spacial score (nSPS) is 35.8. The topological polar surface area (TPSA) is 61.8 Å². The van der Waals surface area contributed by atoms with Crippen molar-refractivity contribution in [2.45, 2.75) is 83.2 Å². The van der Waals surface area contributed by atoms with Crippen LogP contribution in [0.1, 0.15) is 59.3 Å². The SMILES string of the molecule is CC(=O)OC1CC2CC(C(=O)OC3(C(C)C)CCCC3)C1O2. The minimum atomic E-state index is -0.327. The quantitative estimate of drug-likeness (QED) is 0.747. The van der Waals surface area contributed by atoms with Gasteiger partial charge in [0.05, 0.1) is 12.0 Å². The minimum Gasteiger partial charge on any atom is -0.460 e. The first kappa shape index (κ1) is 15.8. The average molecular weight is 310 g/mol. The second-order valence-corrected chi connectivity index (χ2v) is 7.30. The monoisotopic (exact) mass is 310 g/mol. The Morgan fingerprint density at radius 2 is 1.86 bits per heavy atom. The lowest BCUT2D eigenvalue weighted by molar-refractivity contribution is -0.175. The fourth-order valence-electron chi connectivity index (χ4n) is 4.29. The Morgan fingerprint density at radius 3 is 2.41 bits per heavy atom. The minimum absolute atomic E-state index is 0.0190. The molecule has 4 unspecified atom stereocenters. The van der Waals surface area contributed by atoms with Crippen LogP contribution in [0.25, 0.3) is 0 Å². The molecule has 0 radical (unpaired) electrons. The molecular weight excluding hydrogens is 284 g/mol. The summed E-state index contributed by atoms with van der Waals surface area (Å²) in [7, 11) is 0. The van der Waals surface area contributed by atoms with Crippen LogP contribution in [-0.4, -0.2) is 35.9 Å². The third-order valence-electron chi connectivity index (χ3n) is 5.55. The van der Waals surface area contributed by atoms with Gasteiger partial charge in [0.25, 0.3) is 0 Å². The van der Waals surface area contributed by atoms with Crippen LogP contribution in [0.4, 0.5) is 0 Å². The van der Waals surface area contributed by atoms with Crippen LogP contribution >= 0.6 is 0 Å². The van der Waals surface area contributed by atoms with Gasteiger partial charge in [-0.15, -0.1) is 0 Å². The predicted molar refractivity (Wildman–Crippen MR) is 79.1 cm³/mol. The Balaban J connectivity index is 1.66. The molecule has 3 rings (SSSR count). The maximum Gasteiger partial charge on any atom is 0.312 e. The lowest BCUT2D eigenvalue weighted by atomic mass is 9.85. The van der Waals surface area contributed by atoms with E-state index in [2.05, 4.69) is 13.8 Å². The van der Waals surface area contributed by atoms with E-state index in [1.807, 2.05) is 0 Å². The van der Waals surface area contributed by atoms with Crippen molar-refractivity contribution >= 4 is 11.9 Å². The Labute approximate surface area is 131 Å². The summed E-state index contributed by atoms with van der Waals surface area (Å²) >= 11 is 0. The van der Waals surface area contributed by atoms with Crippen LogP contribution in [0, 0.1) is 11.8 Å². The van der Waals surface area contributed by atoms with Gasteiger partial charge in [-0.1, -0.05) is 13.8 Å². The van der Waals surface area contributed by atoms with Gasteiger partial charge in [-0.3, -0.25) is 9.59 Å². The van der Waals surface area contributed by atoms with Crippen LogP contribution in [0.3, 0.4) is 0 Å². The van der Waals surface area contributed by atoms with Crippen molar-refractivity contribution in [1.82, 2.24) is 0 Å². The third-order valence-corrected chi connectivity index (χ3v) is 5.55. The number of rotatable bonds is 4. The molecule has 0 aromatic rings. The predicted octanol–water partition coefficient (Wildman–Crippen LogP) is 2.61. The molecule has 2 aliphatic heterocycles. The fourth-order valence-corrected chi connectivity index (χ4v) is 4.29. The molecule has 2 heterocycles. The molecule has 0 aromatic heterocycles. The van der Waals surface area contributed by atoms with Gasteiger partial charge in [0.2, 0.25) is 0 Å². The van der Waals surface area contributed by atoms with Gasteiger partial charge in [-0.2, -0.15) is 0 Å². The molecule has 22 heavy (non-hydrogen) atoms. The summed E-state index contributed by atoms with van der Waals surface area (Å²) in [6, 6.07) is 0. The maximum absolute atomic E-state index is 12.7. The highest BCUT2D eigenvalue weighted by Gasteiger charge is 2.54. The Morgan fingerprint density at radius 1 is 1.18 bits per heavy atom. The second-order valence-electron chi connectivity index (χ2n) is 7.30. The van der Waals surface area contributed by atoms with E-state index < -0.39 is 0 Å². The van der Waals surface area contributed by atoms with Crippen LogP contribution in [0.5, 0.6) is 0 Å². The first-order chi connectivity index (χ1) is 10.4. The Bertz CT molecular complexity index is 452. The molecule has 124 valence electrons. The van der Waals surface area contributed by atoms with E-state index in [1.54, 1.807) is 0 Å². The van der Waals surface area contributed by atoms with Crippen LogP contribution in [0.15, 0.2) is 0 Å². The Kier molecular flexibility index (Phi) is 4.19. The molecule has 0 aromatic carbocycles. The van der Waals surface area contributed by atoms with Crippen molar-refractivity contribution in [2.75, 3.05) is 0 Å². The van der Waals surface area contributed by atoms with Gasteiger partial charge < -0.3 is 14.2 Å². The molecule has 2 bridgehead atoms. The van der Waals surface area contributed by atoms with Crippen molar-refractivity contribution in [3.8, 4) is 0 Å². The van der Waals surface area contributed by atoms with Crippen LogP contribution in [0.2, 0.25) is 0 Å². The summed E-state index contributed by atoms with van der Waals surface area (Å²) in [6.45, 7) is 5.64. The molecule has 3 aliphatic rings. The van der Waals surface area contributed by atoms with E-state index in [-0.39, 0.29) is 41.8 Å². The summed E-state index contributed by atoms with van der Waals surface area (Å²) in [5.41, 5.74) is -0.310. The van der Waals surface area contributed by atoms with Crippen molar-refractivity contribution < 1.29 is 23.8 Å². The number of fused-ring (bicyclic) bond motifs is 2. The van der Waals surface area contributed by atoms with Crippen molar-refractivity contribution in [3.05, 3.63) is 0 Å². The van der Waals surface area contributed by atoms with Crippen molar-refractivity contribution in [1.29, 1.82) is 0 Å². The van der Waals surface area contributed by atoms with Crippen LogP contribution < -0.4 is 0 Å². The molecule has 0 N–H and O–H groups in total. The average Bonchev–Trinajstić information content (AvgIpc) is 3.12. The van der Waals surface area contributed by atoms with E-state index in [0.717, 1.165) is 25.7 Å². The number of hydrogen-bond acceptors (Lipinski definition) is 5. The van der Waals surface area contributed by atoms with E-state index in [0.29, 0.717) is 18.8 Å². The molecule has 0 spiro atoms.